The zero-order chi connectivity index (χ0) is 15.2. The Kier molecular flexibility index (Phi) is 7.91. The molecule has 1 aromatic rings. The molecular formula is C18H29ClN2O. The molecule has 22 heavy (non-hydrogen) atoms. The van der Waals surface area contributed by atoms with Crippen molar-refractivity contribution < 1.29 is 4.79 Å². The van der Waals surface area contributed by atoms with Crippen LogP contribution in [0, 0.1) is 11.8 Å². The molecule has 3 nitrogen and oxygen atoms in total. The van der Waals surface area contributed by atoms with Gasteiger partial charge in [-0.25, -0.2) is 0 Å². The summed E-state index contributed by atoms with van der Waals surface area (Å²) in [6.45, 7) is 5.65. The fourth-order valence-corrected chi connectivity index (χ4v) is 2.97. The Bertz CT molecular complexity index is 442. The minimum atomic E-state index is -0.0640. The molecule has 124 valence electrons. The summed E-state index contributed by atoms with van der Waals surface area (Å²) < 4.78 is 0. The van der Waals surface area contributed by atoms with Gasteiger partial charge in [-0.2, -0.15) is 0 Å². The van der Waals surface area contributed by atoms with Gasteiger partial charge in [0.15, 0.2) is 0 Å². The Morgan fingerprint density at radius 3 is 2.36 bits per heavy atom. The number of nitrogens with two attached hydrogens (primary N) is 1. The Hall–Kier alpha value is -1.06. The lowest BCUT2D eigenvalue weighted by molar-refractivity contribution is -0.136. The van der Waals surface area contributed by atoms with Crippen LogP contribution in [0.5, 0.6) is 0 Å². The summed E-state index contributed by atoms with van der Waals surface area (Å²) in [6.07, 6.45) is 4.64. The third-order valence-electron chi connectivity index (χ3n) is 4.79. The lowest BCUT2D eigenvalue weighted by atomic mass is 9.89. The molecule has 1 amide bonds. The summed E-state index contributed by atoms with van der Waals surface area (Å²) in [4.78, 5) is 14.3. The van der Waals surface area contributed by atoms with Gasteiger partial charge in [-0.15, -0.1) is 12.4 Å². The van der Waals surface area contributed by atoms with Crippen molar-refractivity contribution in [2.24, 2.45) is 17.6 Å². The third-order valence-corrected chi connectivity index (χ3v) is 4.79. The van der Waals surface area contributed by atoms with E-state index < -0.39 is 0 Å². The Labute approximate surface area is 140 Å². The molecule has 1 saturated heterocycles. The van der Waals surface area contributed by atoms with Crippen molar-refractivity contribution in [2.45, 2.75) is 45.6 Å². The van der Waals surface area contributed by atoms with Gasteiger partial charge in [-0.3, -0.25) is 4.79 Å². The van der Waals surface area contributed by atoms with E-state index in [2.05, 4.69) is 30.3 Å². The average Bonchev–Trinajstić information content (AvgIpc) is 2.53. The number of carbonyl (C=O) groups excluding carboxylic acids is 1. The Morgan fingerprint density at radius 2 is 1.82 bits per heavy atom. The van der Waals surface area contributed by atoms with Crippen molar-refractivity contribution in [2.75, 3.05) is 13.1 Å². The highest BCUT2D eigenvalue weighted by Crippen LogP contribution is 2.23. The Balaban J connectivity index is 0.00000242. The van der Waals surface area contributed by atoms with E-state index >= 15 is 0 Å². The summed E-state index contributed by atoms with van der Waals surface area (Å²) in [5.41, 5.74) is 7.25. The first kappa shape index (κ1) is 19.0. The van der Waals surface area contributed by atoms with E-state index in [4.69, 9.17) is 5.73 Å². The molecule has 1 aliphatic heterocycles. The van der Waals surface area contributed by atoms with Crippen LogP contribution in [0.15, 0.2) is 30.3 Å². The molecule has 1 aromatic carbocycles. The largest absolute Gasteiger partial charge is 0.342 e. The van der Waals surface area contributed by atoms with Gasteiger partial charge in [0, 0.05) is 19.1 Å². The second-order valence-corrected chi connectivity index (χ2v) is 6.44. The van der Waals surface area contributed by atoms with E-state index in [1.54, 1.807) is 0 Å². The van der Waals surface area contributed by atoms with Crippen molar-refractivity contribution in [3.8, 4) is 0 Å². The van der Waals surface area contributed by atoms with Crippen LogP contribution in [0.2, 0.25) is 0 Å². The maximum atomic E-state index is 12.3. The molecule has 0 aliphatic carbocycles. The molecule has 1 fully saturated rings. The van der Waals surface area contributed by atoms with Crippen molar-refractivity contribution in [3.05, 3.63) is 35.9 Å². The summed E-state index contributed by atoms with van der Waals surface area (Å²) >= 11 is 0. The molecule has 0 aromatic heterocycles. The fraction of sp³-hybridized carbons (Fsp3) is 0.611. The van der Waals surface area contributed by atoms with Gasteiger partial charge in [0.05, 0.1) is 5.92 Å². The number of carbonyl (C=O) groups is 1. The molecule has 1 aliphatic rings. The minimum absolute atomic E-state index is 0. The van der Waals surface area contributed by atoms with E-state index in [1.165, 1.54) is 12.0 Å². The smallest absolute Gasteiger partial charge is 0.226 e. The van der Waals surface area contributed by atoms with Gasteiger partial charge >= 0.3 is 0 Å². The first-order valence-corrected chi connectivity index (χ1v) is 8.16. The van der Waals surface area contributed by atoms with E-state index in [-0.39, 0.29) is 30.3 Å². The van der Waals surface area contributed by atoms with Crippen LogP contribution in [0.1, 0.15) is 38.7 Å². The van der Waals surface area contributed by atoms with Crippen molar-refractivity contribution >= 4 is 18.3 Å². The number of piperidine rings is 1. The van der Waals surface area contributed by atoms with Crippen LogP contribution in [0.4, 0.5) is 0 Å². The van der Waals surface area contributed by atoms with Crippen molar-refractivity contribution in [1.82, 2.24) is 4.90 Å². The predicted molar refractivity (Wildman–Crippen MR) is 94.1 cm³/mol. The number of halogens is 1. The van der Waals surface area contributed by atoms with Gasteiger partial charge in [0.1, 0.15) is 0 Å². The Morgan fingerprint density at radius 1 is 1.23 bits per heavy atom. The van der Waals surface area contributed by atoms with Crippen LogP contribution in [0.3, 0.4) is 0 Å². The van der Waals surface area contributed by atoms with Gasteiger partial charge in [0.2, 0.25) is 5.91 Å². The highest BCUT2D eigenvalue weighted by molar-refractivity contribution is 5.85. The van der Waals surface area contributed by atoms with Gasteiger partial charge < -0.3 is 10.6 Å². The lowest BCUT2D eigenvalue weighted by Crippen LogP contribution is -2.45. The second-order valence-electron chi connectivity index (χ2n) is 6.44. The summed E-state index contributed by atoms with van der Waals surface area (Å²) in [7, 11) is 0. The van der Waals surface area contributed by atoms with Crippen LogP contribution in [0.25, 0.3) is 0 Å². The van der Waals surface area contributed by atoms with Crippen LogP contribution >= 0.6 is 12.4 Å². The van der Waals surface area contributed by atoms with Crippen LogP contribution < -0.4 is 5.73 Å². The number of likely N-dealkylation sites (tertiary alicyclic amines) is 1. The molecule has 2 unspecified atom stereocenters. The average molecular weight is 325 g/mol. The molecule has 4 heteroatoms. The first-order chi connectivity index (χ1) is 10.1. The van der Waals surface area contributed by atoms with Gasteiger partial charge in [-0.1, -0.05) is 37.3 Å². The van der Waals surface area contributed by atoms with Gasteiger partial charge in [0.25, 0.3) is 0 Å². The molecule has 2 rings (SSSR count). The van der Waals surface area contributed by atoms with Crippen molar-refractivity contribution in [1.29, 1.82) is 0 Å². The van der Waals surface area contributed by atoms with Crippen LogP contribution in [-0.4, -0.2) is 29.9 Å². The number of nitrogens with zero attached hydrogens (tertiary/aromatic N) is 1. The molecule has 1 heterocycles. The number of amides is 1. The van der Waals surface area contributed by atoms with E-state index in [0.717, 1.165) is 38.3 Å². The predicted octanol–water partition coefficient (Wildman–Crippen LogP) is 3.26. The molecule has 0 spiro atoms. The number of benzene rings is 1. The molecule has 0 saturated carbocycles. The van der Waals surface area contributed by atoms with Gasteiger partial charge in [-0.05, 0) is 44.1 Å². The first-order valence-electron chi connectivity index (χ1n) is 8.16. The van der Waals surface area contributed by atoms with Crippen LogP contribution in [-0.2, 0) is 11.2 Å². The zero-order valence-corrected chi connectivity index (χ0v) is 14.5. The van der Waals surface area contributed by atoms with Crippen molar-refractivity contribution in [3.63, 3.8) is 0 Å². The molecule has 0 radical (unpaired) electrons. The number of hydrogen-bond acceptors (Lipinski definition) is 2. The standard InChI is InChI=1S/C18H28N2O.ClH/c1-14(15(2)19)18(21)20-12-10-17(11-13-20)9-8-16-6-4-3-5-7-16;/h3-7,14-15,17H,8-13,19H2,1-2H3;1H. The summed E-state index contributed by atoms with van der Waals surface area (Å²) in [5, 5.41) is 0. The number of aryl methyl sites for hydroxylation is 1. The molecule has 0 bridgehead atoms. The van der Waals surface area contributed by atoms with E-state index in [1.807, 2.05) is 18.7 Å². The third kappa shape index (κ3) is 5.29. The minimum Gasteiger partial charge on any atom is -0.342 e. The monoisotopic (exact) mass is 324 g/mol. The maximum absolute atomic E-state index is 12.3. The number of hydrogen-bond donors (Lipinski definition) is 1. The summed E-state index contributed by atoms with van der Waals surface area (Å²) in [5.74, 6) is 0.914. The van der Waals surface area contributed by atoms with E-state index in [0.29, 0.717) is 0 Å². The fourth-order valence-electron chi connectivity index (χ4n) is 2.97. The second kappa shape index (κ2) is 9.16. The number of rotatable bonds is 5. The SMILES string of the molecule is CC(N)C(C)C(=O)N1CCC(CCc2ccccc2)CC1.Cl. The topological polar surface area (TPSA) is 46.3 Å². The highest BCUT2D eigenvalue weighted by atomic mass is 35.5. The molecule has 2 N–H and O–H groups in total. The maximum Gasteiger partial charge on any atom is 0.226 e. The van der Waals surface area contributed by atoms with E-state index in [9.17, 15) is 4.79 Å². The molecular weight excluding hydrogens is 296 g/mol. The quantitative estimate of drug-likeness (QED) is 0.903. The summed E-state index contributed by atoms with van der Waals surface area (Å²) in [6, 6.07) is 10.6. The highest BCUT2D eigenvalue weighted by Gasteiger charge is 2.27. The normalized spacial score (nSPS) is 18.4. The lowest BCUT2D eigenvalue weighted by Gasteiger charge is -2.34. The molecule has 2 atom stereocenters. The zero-order valence-electron chi connectivity index (χ0n) is 13.7.